The molecule has 0 fully saturated rings. The molecule has 2 aromatic rings. The molecule has 0 saturated heterocycles. The summed E-state index contributed by atoms with van der Waals surface area (Å²) < 4.78 is 5.17. The lowest BCUT2D eigenvalue weighted by molar-refractivity contribution is 0.390. The summed E-state index contributed by atoms with van der Waals surface area (Å²) in [6.07, 6.45) is 0. The van der Waals surface area contributed by atoms with Crippen LogP contribution in [-0.2, 0) is 6.54 Å². The number of nitrogens with one attached hydrogen (secondary N) is 1. The Morgan fingerprint density at radius 3 is 2.68 bits per heavy atom. The molecule has 5 heteroatoms. The van der Waals surface area contributed by atoms with Gasteiger partial charge in [0.1, 0.15) is 5.76 Å². The molecule has 0 amide bonds. The Morgan fingerprint density at radius 2 is 2.05 bits per heavy atom. The van der Waals surface area contributed by atoms with E-state index >= 15 is 0 Å². The zero-order valence-electron chi connectivity index (χ0n) is 11.1. The number of aryl methyl sites for hydroxylation is 2. The molecule has 0 saturated carbocycles. The Hall–Kier alpha value is -1.03. The van der Waals surface area contributed by atoms with Gasteiger partial charge in [-0.3, -0.25) is 0 Å². The maximum atomic E-state index is 6.16. The highest BCUT2D eigenvalue weighted by molar-refractivity contribution is 6.42. The first-order valence-electron chi connectivity index (χ1n) is 6.09. The molecule has 1 N–H and O–H groups in total. The Balaban J connectivity index is 2.09. The minimum Gasteiger partial charge on any atom is -0.361 e. The van der Waals surface area contributed by atoms with Gasteiger partial charge < -0.3 is 9.84 Å². The summed E-state index contributed by atoms with van der Waals surface area (Å²) in [5.74, 6) is 0.842. The summed E-state index contributed by atoms with van der Waals surface area (Å²) in [6.45, 7) is 6.58. The van der Waals surface area contributed by atoms with Gasteiger partial charge in [-0.2, -0.15) is 0 Å². The molecular weight excluding hydrogens is 283 g/mol. The van der Waals surface area contributed by atoms with E-state index in [2.05, 4.69) is 17.4 Å². The first-order chi connectivity index (χ1) is 9.00. The van der Waals surface area contributed by atoms with Crippen molar-refractivity contribution in [3.63, 3.8) is 0 Å². The van der Waals surface area contributed by atoms with Gasteiger partial charge in [-0.05, 0) is 32.4 Å². The molecule has 2 rings (SSSR count). The van der Waals surface area contributed by atoms with E-state index in [-0.39, 0.29) is 6.04 Å². The predicted molar refractivity (Wildman–Crippen MR) is 77.7 cm³/mol. The van der Waals surface area contributed by atoms with Crippen molar-refractivity contribution in [2.45, 2.75) is 33.4 Å². The SMILES string of the molecule is Cc1noc(C)c1C(C)NCc1cccc(Cl)c1Cl. The molecule has 1 unspecified atom stereocenters. The average molecular weight is 299 g/mol. The van der Waals surface area contributed by atoms with Gasteiger partial charge in [0.15, 0.2) is 0 Å². The fourth-order valence-corrected chi connectivity index (χ4v) is 2.55. The van der Waals surface area contributed by atoms with E-state index in [1.54, 1.807) is 6.07 Å². The number of halogens is 2. The van der Waals surface area contributed by atoms with Gasteiger partial charge in [0, 0.05) is 18.2 Å². The van der Waals surface area contributed by atoms with Crippen LogP contribution in [0.3, 0.4) is 0 Å². The monoisotopic (exact) mass is 298 g/mol. The summed E-state index contributed by atoms with van der Waals surface area (Å²) in [4.78, 5) is 0. The first-order valence-corrected chi connectivity index (χ1v) is 6.85. The van der Waals surface area contributed by atoms with Gasteiger partial charge >= 0.3 is 0 Å². The predicted octanol–water partition coefficient (Wildman–Crippen LogP) is 4.45. The molecule has 0 aliphatic rings. The topological polar surface area (TPSA) is 38.1 Å². The molecule has 1 aromatic heterocycles. The van der Waals surface area contributed by atoms with Crippen molar-refractivity contribution in [1.82, 2.24) is 10.5 Å². The third kappa shape index (κ3) is 3.11. The third-order valence-electron chi connectivity index (χ3n) is 3.15. The minimum atomic E-state index is 0.140. The summed E-state index contributed by atoms with van der Waals surface area (Å²) in [7, 11) is 0. The number of aromatic nitrogens is 1. The molecule has 1 heterocycles. The Labute approximate surface area is 122 Å². The van der Waals surface area contributed by atoms with Crippen molar-refractivity contribution >= 4 is 23.2 Å². The molecule has 0 spiro atoms. The smallest absolute Gasteiger partial charge is 0.138 e. The van der Waals surface area contributed by atoms with Crippen LogP contribution < -0.4 is 5.32 Å². The first kappa shape index (κ1) is 14.4. The quantitative estimate of drug-likeness (QED) is 0.906. The zero-order valence-corrected chi connectivity index (χ0v) is 12.6. The van der Waals surface area contributed by atoms with E-state index in [9.17, 15) is 0 Å². The molecule has 3 nitrogen and oxygen atoms in total. The molecule has 1 atom stereocenters. The van der Waals surface area contributed by atoms with Crippen molar-refractivity contribution in [2.75, 3.05) is 0 Å². The van der Waals surface area contributed by atoms with Gasteiger partial charge in [0.25, 0.3) is 0 Å². The minimum absolute atomic E-state index is 0.140. The average Bonchev–Trinajstić information content (AvgIpc) is 2.71. The maximum Gasteiger partial charge on any atom is 0.138 e. The lowest BCUT2D eigenvalue weighted by Crippen LogP contribution is -2.19. The molecule has 1 aromatic carbocycles. The normalized spacial score (nSPS) is 12.7. The van der Waals surface area contributed by atoms with E-state index in [0.29, 0.717) is 16.6 Å². The van der Waals surface area contributed by atoms with Crippen LogP contribution in [0.5, 0.6) is 0 Å². The molecule has 19 heavy (non-hydrogen) atoms. The summed E-state index contributed by atoms with van der Waals surface area (Å²) in [5, 5.41) is 8.54. The second-order valence-corrected chi connectivity index (χ2v) is 5.34. The molecule has 0 bridgehead atoms. The lowest BCUT2D eigenvalue weighted by atomic mass is 10.1. The highest BCUT2D eigenvalue weighted by atomic mass is 35.5. The largest absolute Gasteiger partial charge is 0.361 e. The zero-order chi connectivity index (χ0) is 14.0. The maximum absolute atomic E-state index is 6.16. The van der Waals surface area contributed by atoms with Gasteiger partial charge in [-0.25, -0.2) is 0 Å². The lowest BCUT2D eigenvalue weighted by Gasteiger charge is -2.14. The van der Waals surface area contributed by atoms with Crippen molar-refractivity contribution in [3.8, 4) is 0 Å². The standard InChI is InChI=1S/C14H16Cl2N2O/c1-8(13-9(2)18-19-10(13)3)17-7-11-5-4-6-12(15)14(11)16/h4-6,8,17H,7H2,1-3H3. The number of benzene rings is 1. The van der Waals surface area contributed by atoms with Crippen LogP contribution in [0.15, 0.2) is 22.7 Å². The fraction of sp³-hybridized carbons (Fsp3) is 0.357. The molecule has 0 aliphatic carbocycles. The summed E-state index contributed by atoms with van der Waals surface area (Å²) >= 11 is 12.2. The molecular formula is C14H16Cl2N2O. The second kappa shape index (κ2) is 5.95. The van der Waals surface area contributed by atoms with Crippen LogP contribution in [0.2, 0.25) is 10.0 Å². The fourth-order valence-electron chi connectivity index (χ4n) is 2.16. The van der Waals surface area contributed by atoms with Crippen molar-refractivity contribution in [2.24, 2.45) is 0 Å². The summed E-state index contributed by atoms with van der Waals surface area (Å²) in [5.41, 5.74) is 2.99. The Bertz CT molecular complexity index is 561. The third-order valence-corrected chi connectivity index (χ3v) is 4.01. The van der Waals surface area contributed by atoms with Crippen LogP contribution in [0, 0.1) is 13.8 Å². The molecule has 0 radical (unpaired) electrons. The highest BCUT2D eigenvalue weighted by Gasteiger charge is 2.16. The number of nitrogens with zero attached hydrogens (tertiary/aromatic N) is 1. The number of hydrogen-bond donors (Lipinski definition) is 1. The van der Waals surface area contributed by atoms with E-state index in [1.807, 2.05) is 26.0 Å². The van der Waals surface area contributed by atoms with E-state index < -0.39 is 0 Å². The number of rotatable bonds is 4. The highest BCUT2D eigenvalue weighted by Crippen LogP contribution is 2.26. The number of hydrogen-bond acceptors (Lipinski definition) is 3. The molecule has 102 valence electrons. The van der Waals surface area contributed by atoms with E-state index in [1.165, 1.54) is 0 Å². The van der Waals surface area contributed by atoms with Gasteiger partial charge in [-0.15, -0.1) is 0 Å². The Morgan fingerprint density at radius 1 is 1.32 bits per heavy atom. The van der Waals surface area contributed by atoms with Gasteiger partial charge in [-0.1, -0.05) is 40.5 Å². The van der Waals surface area contributed by atoms with E-state index in [4.69, 9.17) is 27.7 Å². The van der Waals surface area contributed by atoms with E-state index in [0.717, 1.165) is 22.6 Å². The second-order valence-electron chi connectivity index (χ2n) is 4.55. The van der Waals surface area contributed by atoms with Crippen LogP contribution in [0.25, 0.3) is 0 Å². The van der Waals surface area contributed by atoms with Crippen LogP contribution in [0.4, 0.5) is 0 Å². The van der Waals surface area contributed by atoms with Crippen molar-refractivity contribution < 1.29 is 4.52 Å². The van der Waals surface area contributed by atoms with Gasteiger partial charge in [0.2, 0.25) is 0 Å². The Kier molecular flexibility index (Phi) is 4.50. The molecule has 0 aliphatic heterocycles. The van der Waals surface area contributed by atoms with Crippen LogP contribution in [-0.4, -0.2) is 5.16 Å². The van der Waals surface area contributed by atoms with Crippen LogP contribution >= 0.6 is 23.2 Å². The van der Waals surface area contributed by atoms with Crippen molar-refractivity contribution in [1.29, 1.82) is 0 Å². The van der Waals surface area contributed by atoms with Crippen LogP contribution in [0.1, 0.15) is 35.5 Å². The summed E-state index contributed by atoms with van der Waals surface area (Å²) in [6, 6.07) is 5.78. The van der Waals surface area contributed by atoms with Gasteiger partial charge in [0.05, 0.1) is 15.7 Å². The van der Waals surface area contributed by atoms with Crippen molar-refractivity contribution in [3.05, 3.63) is 50.8 Å².